The van der Waals surface area contributed by atoms with E-state index in [1.165, 1.54) is 12.4 Å². The summed E-state index contributed by atoms with van der Waals surface area (Å²) in [6, 6.07) is 3.45. The molecule has 0 amide bonds. The van der Waals surface area contributed by atoms with E-state index in [9.17, 15) is 0 Å². The molecule has 0 saturated heterocycles. The third-order valence-electron chi connectivity index (χ3n) is 2.60. The highest BCUT2D eigenvalue weighted by Crippen LogP contribution is 2.34. The van der Waals surface area contributed by atoms with E-state index in [0.29, 0.717) is 22.6 Å². The van der Waals surface area contributed by atoms with E-state index in [-0.39, 0.29) is 25.1 Å². The Morgan fingerprint density at radius 2 is 1.19 bits per heavy atom. The van der Waals surface area contributed by atoms with E-state index in [4.69, 9.17) is 32.4 Å². The van der Waals surface area contributed by atoms with Crippen LogP contribution in [0.2, 0.25) is 0 Å². The molecule has 0 saturated carbocycles. The number of rotatable bonds is 10. The van der Waals surface area contributed by atoms with Gasteiger partial charge < -0.3 is 32.4 Å². The number of nitrogens with zero attached hydrogens (tertiary/aromatic N) is 4. The van der Waals surface area contributed by atoms with E-state index in [2.05, 4.69) is 33.6 Å². The van der Waals surface area contributed by atoms with Crippen LogP contribution in [0.25, 0.3) is 0 Å². The Bertz CT molecular complexity index is 682. The molecule has 0 aliphatic carbocycles. The number of hydrogen-bond acceptors (Lipinski definition) is 6. The van der Waals surface area contributed by atoms with E-state index < -0.39 is 0 Å². The SMILES string of the molecule is C=CCOc1c(/C=N/N=C(N)N)ccc(/C=N/N=C(N)N)c1OCC=C. The minimum atomic E-state index is -0.168. The summed E-state index contributed by atoms with van der Waals surface area (Å²) in [5, 5.41) is 14.7. The van der Waals surface area contributed by atoms with E-state index in [1.54, 1.807) is 24.3 Å². The van der Waals surface area contributed by atoms with Crippen LogP contribution in [0.4, 0.5) is 0 Å². The second-order valence-electron chi connectivity index (χ2n) is 4.64. The molecule has 0 atom stereocenters. The van der Waals surface area contributed by atoms with Gasteiger partial charge in [0.1, 0.15) is 13.2 Å². The Balaban J connectivity index is 3.42. The van der Waals surface area contributed by atoms with Crippen LogP contribution in [0.15, 0.2) is 57.8 Å². The predicted octanol–water partition coefficient (Wildman–Crippen LogP) is 0.0308. The first-order valence-corrected chi connectivity index (χ1v) is 7.37. The minimum absolute atomic E-state index is 0.168. The van der Waals surface area contributed by atoms with Gasteiger partial charge in [-0.05, 0) is 12.1 Å². The lowest BCUT2D eigenvalue weighted by Crippen LogP contribution is -2.21. The third-order valence-corrected chi connectivity index (χ3v) is 2.60. The Morgan fingerprint density at radius 1 is 0.808 bits per heavy atom. The molecule has 0 bridgehead atoms. The van der Waals surface area contributed by atoms with E-state index in [0.717, 1.165) is 0 Å². The van der Waals surface area contributed by atoms with Crippen molar-refractivity contribution in [3.8, 4) is 11.5 Å². The maximum Gasteiger partial charge on any atom is 0.211 e. The van der Waals surface area contributed by atoms with Crippen LogP contribution in [-0.4, -0.2) is 37.6 Å². The van der Waals surface area contributed by atoms with Gasteiger partial charge in [-0.1, -0.05) is 25.3 Å². The highest BCUT2D eigenvalue weighted by Gasteiger charge is 2.15. The Morgan fingerprint density at radius 3 is 1.50 bits per heavy atom. The average molecular weight is 358 g/mol. The van der Waals surface area contributed by atoms with Crippen LogP contribution in [0.3, 0.4) is 0 Å². The van der Waals surface area contributed by atoms with Crippen molar-refractivity contribution in [1.82, 2.24) is 0 Å². The summed E-state index contributed by atoms with van der Waals surface area (Å²) < 4.78 is 11.4. The number of benzene rings is 1. The number of ether oxygens (including phenoxy) is 2. The smallest absolute Gasteiger partial charge is 0.211 e. The van der Waals surface area contributed by atoms with Crippen molar-refractivity contribution in [2.24, 2.45) is 43.3 Å². The zero-order valence-electron chi connectivity index (χ0n) is 14.2. The van der Waals surface area contributed by atoms with Crippen molar-refractivity contribution in [3.63, 3.8) is 0 Å². The highest BCUT2D eigenvalue weighted by atomic mass is 16.5. The van der Waals surface area contributed by atoms with Crippen LogP contribution in [0.1, 0.15) is 11.1 Å². The van der Waals surface area contributed by atoms with Gasteiger partial charge in [0.15, 0.2) is 11.5 Å². The summed E-state index contributed by atoms with van der Waals surface area (Å²) in [5.41, 5.74) is 22.2. The molecule has 0 heterocycles. The third kappa shape index (κ3) is 6.74. The lowest BCUT2D eigenvalue weighted by atomic mass is 10.1. The fourth-order valence-electron chi connectivity index (χ4n) is 1.69. The lowest BCUT2D eigenvalue weighted by molar-refractivity contribution is 0.307. The summed E-state index contributed by atoms with van der Waals surface area (Å²) in [4.78, 5) is 0. The molecule has 0 radical (unpaired) electrons. The molecule has 0 spiro atoms. The van der Waals surface area contributed by atoms with Crippen molar-refractivity contribution in [3.05, 3.63) is 48.6 Å². The number of hydrogen-bond donors (Lipinski definition) is 4. The second-order valence-corrected chi connectivity index (χ2v) is 4.64. The second kappa shape index (κ2) is 10.9. The first kappa shape index (κ1) is 20.2. The molecule has 0 aromatic heterocycles. The summed E-state index contributed by atoms with van der Waals surface area (Å²) in [5.74, 6) is 0.461. The molecule has 1 rings (SSSR count). The minimum Gasteiger partial charge on any atom is -0.485 e. The zero-order valence-corrected chi connectivity index (χ0v) is 14.2. The van der Waals surface area contributed by atoms with Crippen LogP contribution >= 0.6 is 0 Å². The quantitative estimate of drug-likeness (QED) is 0.199. The van der Waals surface area contributed by atoms with Gasteiger partial charge in [0.05, 0.1) is 12.4 Å². The van der Waals surface area contributed by atoms with Crippen LogP contribution in [0.5, 0.6) is 11.5 Å². The zero-order chi connectivity index (χ0) is 19.4. The summed E-state index contributed by atoms with van der Waals surface area (Å²) in [6.07, 6.45) is 6.04. The standard InChI is InChI=1S/C16H22N8O2/c1-3-7-25-13-11(9-21-23-15(17)18)5-6-12(10-22-24-16(19)20)14(13)26-8-4-2/h3-6,9-10H,1-2,7-8H2,(H4,17,18,23)(H4,19,20,24)/b21-9+,22-10+. The fourth-order valence-corrected chi connectivity index (χ4v) is 1.69. The summed E-state index contributed by atoms with van der Waals surface area (Å²) in [6.45, 7) is 7.74. The summed E-state index contributed by atoms with van der Waals surface area (Å²) in [7, 11) is 0. The molecule has 0 aliphatic heterocycles. The van der Waals surface area contributed by atoms with Gasteiger partial charge in [0.25, 0.3) is 0 Å². The molecule has 8 N–H and O–H groups in total. The maximum atomic E-state index is 5.71. The molecular formula is C16H22N8O2. The molecule has 1 aromatic carbocycles. The van der Waals surface area contributed by atoms with Crippen LogP contribution in [0, 0.1) is 0 Å². The summed E-state index contributed by atoms with van der Waals surface area (Å²) >= 11 is 0. The van der Waals surface area contributed by atoms with Crippen LogP contribution < -0.4 is 32.4 Å². The molecule has 26 heavy (non-hydrogen) atoms. The first-order valence-electron chi connectivity index (χ1n) is 7.37. The normalized spacial score (nSPS) is 10.5. The molecule has 0 fully saturated rings. The van der Waals surface area contributed by atoms with Gasteiger partial charge in [-0.2, -0.15) is 10.2 Å². The van der Waals surface area contributed by atoms with Gasteiger partial charge in [-0.25, -0.2) is 0 Å². The highest BCUT2D eigenvalue weighted by molar-refractivity contribution is 5.92. The van der Waals surface area contributed by atoms with Crippen molar-refractivity contribution in [1.29, 1.82) is 0 Å². The van der Waals surface area contributed by atoms with Gasteiger partial charge >= 0.3 is 0 Å². The van der Waals surface area contributed by atoms with Gasteiger partial charge in [-0.15, -0.1) is 10.2 Å². The average Bonchev–Trinajstić information content (AvgIpc) is 2.59. The predicted molar refractivity (Wildman–Crippen MR) is 105 cm³/mol. The Hall–Kier alpha value is -3.82. The van der Waals surface area contributed by atoms with E-state index >= 15 is 0 Å². The van der Waals surface area contributed by atoms with Gasteiger partial charge in [0.2, 0.25) is 11.9 Å². The Kier molecular flexibility index (Phi) is 8.45. The Labute approximate surface area is 151 Å². The monoisotopic (exact) mass is 358 g/mol. The largest absolute Gasteiger partial charge is 0.485 e. The molecule has 1 aromatic rings. The van der Waals surface area contributed by atoms with Crippen molar-refractivity contribution < 1.29 is 9.47 Å². The first-order chi connectivity index (χ1) is 12.5. The van der Waals surface area contributed by atoms with Crippen LogP contribution in [-0.2, 0) is 0 Å². The maximum absolute atomic E-state index is 5.71. The van der Waals surface area contributed by atoms with Crippen molar-refractivity contribution in [2.75, 3.05) is 13.2 Å². The van der Waals surface area contributed by atoms with Crippen molar-refractivity contribution in [2.45, 2.75) is 0 Å². The molecule has 138 valence electrons. The molecule has 10 nitrogen and oxygen atoms in total. The topological polar surface area (TPSA) is 172 Å². The lowest BCUT2D eigenvalue weighted by Gasteiger charge is -2.15. The van der Waals surface area contributed by atoms with Crippen molar-refractivity contribution >= 4 is 24.3 Å². The van der Waals surface area contributed by atoms with Gasteiger partial charge in [0, 0.05) is 11.1 Å². The molecule has 0 unspecified atom stereocenters. The van der Waals surface area contributed by atoms with Gasteiger partial charge in [-0.3, -0.25) is 0 Å². The number of guanidine groups is 2. The molecule has 0 aliphatic rings. The van der Waals surface area contributed by atoms with E-state index in [1.807, 2.05) is 0 Å². The number of nitrogens with two attached hydrogens (primary N) is 4. The molecular weight excluding hydrogens is 336 g/mol. The molecule has 10 heteroatoms. The fraction of sp³-hybridized carbons (Fsp3) is 0.125.